The van der Waals surface area contributed by atoms with Crippen LogP contribution in [0.2, 0.25) is 0 Å². The Kier molecular flexibility index (Phi) is 3.86. The van der Waals surface area contributed by atoms with Crippen molar-refractivity contribution in [3.05, 3.63) is 51.9 Å². The highest BCUT2D eigenvalue weighted by Crippen LogP contribution is 2.28. The molecule has 19 heavy (non-hydrogen) atoms. The highest BCUT2D eigenvalue weighted by molar-refractivity contribution is 7.99. The molecule has 0 spiro atoms. The van der Waals surface area contributed by atoms with Gasteiger partial charge in [0.15, 0.2) is 11.0 Å². The first-order valence-corrected chi connectivity index (χ1v) is 6.23. The maximum atomic E-state index is 11.2. The van der Waals surface area contributed by atoms with E-state index in [0.717, 1.165) is 10.5 Å². The lowest BCUT2D eigenvalue weighted by molar-refractivity contribution is 0.318. The average molecular weight is 276 g/mol. The van der Waals surface area contributed by atoms with E-state index in [4.69, 9.17) is 10.9 Å². The number of amidine groups is 1. The SMILES string of the molecule is Cc1ccc(/C(N)=N/O)c(Sc2nccc(=O)[nH]2)c1. The van der Waals surface area contributed by atoms with Crippen LogP contribution in [0.4, 0.5) is 0 Å². The zero-order valence-electron chi connectivity index (χ0n) is 10.1. The van der Waals surface area contributed by atoms with Crippen LogP contribution in [0.1, 0.15) is 11.1 Å². The third kappa shape index (κ3) is 3.14. The molecule has 0 fully saturated rings. The van der Waals surface area contributed by atoms with Gasteiger partial charge in [0.25, 0.3) is 5.56 Å². The molecule has 4 N–H and O–H groups in total. The maximum absolute atomic E-state index is 11.2. The van der Waals surface area contributed by atoms with Crippen LogP contribution in [0.25, 0.3) is 0 Å². The molecular weight excluding hydrogens is 264 g/mol. The summed E-state index contributed by atoms with van der Waals surface area (Å²) in [7, 11) is 0. The van der Waals surface area contributed by atoms with Crippen molar-refractivity contribution >= 4 is 17.6 Å². The van der Waals surface area contributed by atoms with E-state index in [1.54, 1.807) is 6.07 Å². The van der Waals surface area contributed by atoms with Gasteiger partial charge in [-0.3, -0.25) is 4.79 Å². The van der Waals surface area contributed by atoms with Crippen molar-refractivity contribution in [2.75, 3.05) is 0 Å². The molecular formula is C12H12N4O2S. The summed E-state index contributed by atoms with van der Waals surface area (Å²) in [6, 6.07) is 6.84. The van der Waals surface area contributed by atoms with Crippen molar-refractivity contribution in [3.63, 3.8) is 0 Å². The fourth-order valence-corrected chi connectivity index (χ4v) is 2.49. The molecule has 0 saturated heterocycles. The number of nitrogens with two attached hydrogens (primary N) is 1. The Balaban J connectivity index is 2.44. The topological polar surface area (TPSA) is 104 Å². The molecule has 0 amide bonds. The summed E-state index contributed by atoms with van der Waals surface area (Å²) in [5.74, 6) is 0.0146. The first kappa shape index (κ1) is 13.2. The lowest BCUT2D eigenvalue weighted by atomic mass is 10.1. The molecule has 0 bridgehead atoms. The Bertz CT molecular complexity index is 681. The summed E-state index contributed by atoms with van der Waals surface area (Å²) < 4.78 is 0. The van der Waals surface area contributed by atoms with Gasteiger partial charge in [-0.05, 0) is 24.6 Å². The Labute approximate surface area is 113 Å². The quantitative estimate of drug-likeness (QED) is 0.258. The summed E-state index contributed by atoms with van der Waals surface area (Å²) in [6.07, 6.45) is 1.43. The molecule has 0 radical (unpaired) electrons. The maximum Gasteiger partial charge on any atom is 0.251 e. The Morgan fingerprint density at radius 2 is 2.26 bits per heavy atom. The van der Waals surface area contributed by atoms with E-state index in [1.807, 2.05) is 19.1 Å². The Morgan fingerprint density at radius 1 is 1.47 bits per heavy atom. The summed E-state index contributed by atoms with van der Waals surface area (Å²) in [5, 5.41) is 12.2. The number of benzene rings is 1. The number of rotatable bonds is 3. The molecule has 0 unspecified atom stereocenters. The molecule has 1 aromatic heterocycles. The van der Waals surface area contributed by atoms with E-state index in [1.165, 1.54) is 24.0 Å². The summed E-state index contributed by atoms with van der Waals surface area (Å²) >= 11 is 1.25. The van der Waals surface area contributed by atoms with Crippen LogP contribution in [-0.4, -0.2) is 21.0 Å². The van der Waals surface area contributed by atoms with Gasteiger partial charge >= 0.3 is 0 Å². The molecule has 98 valence electrons. The van der Waals surface area contributed by atoms with Crippen molar-refractivity contribution in [1.29, 1.82) is 0 Å². The lowest BCUT2D eigenvalue weighted by Crippen LogP contribution is -2.14. The van der Waals surface area contributed by atoms with Crippen LogP contribution < -0.4 is 11.3 Å². The monoisotopic (exact) mass is 276 g/mol. The van der Waals surface area contributed by atoms with E-state index in [0.29, 0.717) is 10.7 Å². The van der Waals surface area contributed by atoms with Crippen molar-refractivity contribution in [2.45, 2.75) is 17.0 Å². The average Bonchev–Trinajstić information content (AvgIpc) is 2.38. The van der Waals surface area contributed by atoms with Crippen molar-refractivity contribution in [2.24, 2.45) is 10.9 Å². The number of hydrogen-bond donors (Lipinski definition) is 3. The van der Waals surface area contributed by atoms with E-state index >= 15 is 0 Å². The number of nitrogens with one attached hydrogen (secondary N) is 1. The van der Waals surface area contributed by atoms with Gasteiger partial charge < -0.3 is 15.9 Å². The second kappa shape index (κ2) is 5.57. The smallest absolute Gasteiger partial charge is 0.251 e. The molecule has 2 rings (SSSR count). The lowest BCUT2D eigenvalue weighted by Gasteiger charge is -2.08. The third-order valence-electron chi connectivity index (χ3n) is 2.38. The van der Waals surface area contributed by atoms with Crippen LogP contribution in [0.3, 0.4) is 0 Å². The number of aromatic amines is 1. The van der Waals surface area contributed by atoms with E-state index in [-0.39, 0.29) is 11.4 Å². The zero-order chi connectivity index (χ0) is 13.8. The largest absolute Gasteiger partial charge is 0.409 e. The summed E-state index contributed by atoms with van der Waals surface area (Å²) in [6.45, 7) is 1.93. The van der Waals surface area contributed by atoms with Gasteiger partial charge in [0, 0.05) is 22.7 Å². The normalized spacial score (nSPS) is 11.5. The van der Waals surface area contributed by atoms with E-state index < -0.39 is 0 Å². The van der Waals surface area contributed by atoms with Crippen LogP contribution in [0.5, 0.6) is 0 Å². The molecule has 1 heterocycles. The predicted molar refractivity (Wildman–Crippen MR) is 72.7 cm³/mol. The van der Waals surface area contributed by atoms with Crippen LogP contribution in [0.15, 0.2) is 50.5 Å². The first-order valence-electron chi connectivity index (χ1n) is 5.42. The number of H-pyrrole nitrogens is 1. The van der Waals surface area contributed by atoms with Crippen LogP contribution >= 0.6 is 11.8 Å². The second-order valence-electron chi connectivity index (χ2n) is 3.83. The van der Waals surface area contributed by atoms with Crippen molar-refractivity contribution in [1.82, 2.24) is 9.97 Å². The number of hydrogen-bond acceptors (Lipinski definition) is 5. The first-order chi connectivity index (χ1) is 9.10. The van der Waals surface area contributed by atoms with E-state index in [9.17, 15) is 4.79 Å². The minimum absolute atomic E-state index is 0.0146. The fourth-order valence-electron chi connectivity index (χ4n) is 1.49. The van der Waals surface area contributed by atoms with Crippen LogP contribution in [-0.2, 0) is 0 Å². The van der Waals surface area contributed by atoms with Gasteiger partial charge in [0.2, 0.25) is 0 Å². The minimum Gasteiger partial charge on any atom is -0.409 e. The van der Waals surface area contributed by atoms with Gasteiger partial charge in [-0.1, -0.05) is 23.0 Å². The Morgan fingerprint density at radius 3 is 2.95 bits per heavy atom. The minimum atomic E-state index is -0.226. The molecule has 1 aromatic carbocycles. The predicted octanol–water partition coefficient (Wildman–Crippen LogP) is 1.32. The molecule has 6 nitrogen and oxygen atoms in total. The highest BCUT2D eigenvalue weighted by Gasteiger charge is 2.10. The molecule has 7 heteroatoms. The van der Waals surface area contributed by atoms with Gasteiger partial charge in [0.1, 0.15) is 0 Å². The van der Waals surface area contributed by atoms with Crippen molar-refractivity contribution < 1.29 is 5.21 Å². The number of aromatic nitrogens is 2. The highest BCUT2D eigenvalue weighted by atomic mass is 32.2. The molecule has 0 aliphatic rings. The van der Waals surface area contributed by atoms with Gasteiger partial charge in [-0.25, -0.2) is 4.98 Å². The second-order valence-corrected chi connectivity index (χ2v) is 4.86. The van der Waals surface area contributed by atoms with Crippen LogP contribution in [0, 0.1) is 6.92 Å². The van der Waals surface area contributed by atoms with Gasteiger partial charge in [-0.15, -0.1) is 0 Å². The van der Waals surface area contributed by atoms with Gasteiger partial charge in [-0.2, -0.15) is 0 Å². The zero-order valence-corrected chi connectivity index (χ0v) is 10.9. The fraction of sp³-hybridized carbons (Fsp3) is 0.0833. The molecule has 0 atom stereocenters. The standard InChI is InChI=1S/C12H12N4O2S/c1-7-2-3-8(11(13)16-18)9(6-7)19-12-14-5-4-10(17)15-12/h2-6,18H,1H3,(H2,13,16)(H,14,15,17). The van der Waals surface area contributed by atoms with E-state index in [2.05, 4.69) is 15.1 Å². The molecule has 0 aliphatic carbocycles. The summed E-state index contributed by atoms with van der Waals surface area (Å²) in [5.41, 5.74) is 7.01. The number of nitrogens with zero attached hydrogens (tertiary/aromatic N) is 2. The van der Waals surface area contributed by atoms with Gasteiger partial charge in [0.05, 0.1) is 0 Å². The van der Waals surface area contributed by atoms with Crippen molar-refractivity contribution in [3.8, 4) is 0 Å². The molecule has 0 saturated carbocycles. The molecule has 2 aromatic rings. The summed E-state index contributed by atoms with van der Waals surface area (Å²) in [4.78, 5) is 18.6. The number of aryl methyl sites for hydroxylation is 1. The number of oxime groups is 1. The Hall–Kier alpha value is -2.28. The molecule has 0 aliphatic heterocycles. The third-order valence-corrected chi connectivity index (χ3v) is 3.33.